The van der Waals surface area contributed by atoms with Crippen LogP contribution in [0.25, 0.3) is 11.3 Å². The van der Waals surface area contributed by atoms with Gasteiger partial charge in [0, 0.05) is 11.6 Å². The number of hydrogen-bond donors (Lipinski definition) is 1. The van der Waals surface area contributed by atoms with E-state index in [0.717, 1.165) is 24.5 Å². The standard InChI is InChI=1S/C22H19F2N3O/c23-17-12-16(13-18(24)14-17)22(10-4-5-11-22)21(28)25-20-9-8-19(26-27-20)15-6-2-1-3-7-15/h1-3,6-9,12-14H,4-5,10-11H2,(H,25,27,28). The molecule has 1 N–H and O–H groups in total. The van der Waals surface area contributed by atoms with Gasteiger partial charge in [0.15, 0.2) is 5.82 Å². The lowest BCUT2D eigenvalue weighted by atomic mass is 9.78. The van der Waals surface area contributed by atoms with Crippen molar-refractivity contribution in [1.29, 1.82) is 0 Å². The minimum Gasteiger partial charge on any atom is -0.308 e. The summed E-state index contributed by atoms with van der Waals surface area (Å²) < 4.78 is 27.5. The Morgan fingerprint density at radius 3 is 2.18 bits per heavy atom. The summed E-state index contributed by atoms with van der Waals surface area (Å²) in [4.78, 5) is 13.1. The van der Waals surface area contributed by atoms with Gasteiger partial charge < -0.3 is 5.32 Å². The molecule has 2 aromatic carbocycles. The van der Waals surface area contributed by atoms with E-state index in [4.69, 9.17) is 0 Å². The molecule has 0 atom stereocenters. The lowest BCUT2D eigenvalue weighted by Gasteiger charge is -2.28. The number of nitrogens with zero attached hydrogens (tertiary/aromatic N) is 2. The van der Waals surface area contributed by atoms with Crippen LogP contribution in [0.2, 0.25) is 0 Å². The van der Waals surface area contributed by atoms with Crippen LogP contribution in [0.1, 0.15) is 31.2 Å². The van der Waals surface area contributed by atoms with Gasteiger partial charge in [-0.05, 0) is 42.7 Å². The van der Waals surface area contributed by atoms with E-state index in [1.807, 2.05) is 30.3 Å². The molecule has 6 heteroatoms. The zero-order valence-electron chi connectivity index (χ0n) is 15.2. The fourth-order valence-corrected chi connectivity index (χ4v) is 3.85. The van der Waals surface area contributed by atoms with Crippen LogP contribution < -0.4 is 5.32 Å². The Balaban J connectivity index is 1.59. The highest BCUT2D eigenvalue weighted by atomic mass is 19.1. The van der Waals surface area contributed by atoms with Gasteiger partial charge in [-0.2, -0.15) is 0 Å². The minimum atomic E-state index is -0.956. The van der Waals surface area contributed by atoms with Gasteiger partial charge in [-0.3, -0.25) is 4.79 Å². The molecule has 0 radical (unpaired) electrons. The lowest BCUT2D eigenvalue weighted by Crippen LogP contribution is -2.38. The first-order valence-electron chi connectivity index (χ1n) is 9.24. The summed E-state index contributed by atoms with van der Waals surface area (Å²) in [5.74, 6) is -1.35. The number of aromatic nitrogens is 2. The summed E-state index contributed by atoms with van der Waals surface area (Å²) in [5, 5.41) is 11.0. The predicted octanol–water partition coefficient (Wildman–Crippen LogP) is 4.87. The number of benzene rings is 2. The maximum absolute atomic E-state index is 13.8. The third kappa shape index (κ3) is 3.50. The third-order valence-electron chi connectivity index (χ3n) is 5.28. The fraction of sp³-hybridized carbons (Fsp3) is 0.227. The maximum atomic E-state index is 13.8. The van der Waals surface area contributed by atoms with Crippen molar-refractivity contribution in [3.8, 4) is 11.3 Å². The Kier molecular flexibility index (Phi) is 4.86. The number of carbonyl (C=O) groups is 1. The molecule has 1 aliphatic carbocycles. The highest BCUT2D eigenvalue weighted by Crippen LogP contribution is 2.42. The molecule has 1 fully saturated rings. The van der Waals surface area contributed by atoms with E-state index in [1.165, 1.54) is 12.1 Å². The smallest absolute Gasteiger partial charge is 0.236 e. The van der Waals surface area contributed by atoms with Crippen LogP contribution in [0, 0.1) is 11.6 Å². The number of carbonyl (C=O) groups excluding carboxylic acids is 1. The van der Waals surface area contributed by atoms with Gasteiger partial charge in [0.05, 0.1) is 11.1 Å². The van der Waals surface area contributed by atoms with Gasteiger partial charge in [-0.1, -0.05) is 43.2 Å². The molecule has 4 rings (SSSR count). The number of halogens is 2. The molecule has 0 unspecified atom stereocenters. The summed E-state index contributed by atoms with van der Waals surface area (Å²) in [6.45, 7) is 0. The Labute approximate surface area is 161 Å². The molecule has 0 aliphatic heterocycles. The van der Waals surface area contributed by atoms with Crippen LogP contribution in [-0.4, -0.2) is 16.1 Å². The van der Waals surface area contributed by atoms with Crippen molar-refractivity contribution in [3.05, 3.63) is 77.9 Å². The average Bonchev–Trinajstić information content (AvgIpc) is 3.20. The van der Waals surface area contributed by atoms with Gasteiger partial charge in [-0.25, -0.2) is 8.78 Å². The zero-order valence-corrected chi connectivity index (χ0v) is 15.2. The normalized spacial score (nSPS) is 15.4. The molecule has 0 bridgehead atoms. The van der Waals surface area contributed by atoms with E-state index >= 15 is 0 Å². The SMILES string of the molecule is O=C(Nc1ccc(-c2ccccc2)nn1)C1(c2cc(F)cc(F)c2)CCCC1. The van der Waals surface area contributed by atoms with Crippen molar-refractivity contribution in [3.63, 3.8) is 0 Å². The average molecular weight is 379 g/mol. The molecule has 0 saturated heterocycles. The monoisotopic (exact) mass is 379 g/mol. The predicted molar refractivity (Wildman–Crippen MR) is 103 cm³/mol. The molecule has 3 aromatic rings. The van der Waals surface area contributed by atoms with Crippen LogP contribution in [0.5, 0.6) is 0 Å². The molecule has 1 heterocycles. The van der Waals surface area contributed by atoms with Crippen molar-refractivity contribution in [2.24, 2.45) is 0 Å². The molecule has 1 saturated carbocycles. The van der Waals surface area contributed by atoms with Crippen molar-refractivity contribution < 1.29 is 13.6 Å². The van der Waals surface area contributed by atoms with E-state index < -0.39 is 17.0 Å². The number of hydrogen-bond acceptors (Lipinski definition) is 3. The van der Waals surface area contributed by atoms with E-state index in [-0.39, 0.29) is 5.91 Å². The molecular weight excluding hydrogens is 360 g/mol. The first-order valence-corrected chi connectivity index (χ1v) is 9.24. The molecule has 1 amide bonds. The lowest BCUT2D eigenvalue weighted by molar-refractivity contribution is -0.121. The third-order valence-corrected chi connectivity index (χ3v) is 5.28. The Morgan fingerprint density at radius 2 is 1.57 bits per heavy atom. The first kappa shape index (κ1) is 18.2. The van der Waals surface area contributed by atoms with Gasteiger partial charge in [0.1, 0.15) is 11.6 Å². The number of nitrogens with one attached hydrogen (secondary N) is 1. The summed E-state index contributed by atoms with van der Waals surface area (Å²) in [6.07, 6.45) is 2.73. The molecule has 1 aliphatic rings. The van der Waals surface area contributed by atoms with Gasteiger partial charge >= 0.3 is 0 Å². The number of rotatable bonds is 4. The van der Waals surface area contributed by atoms with Crippen LogP contribution in [0.15, 0.2) is 60.7 Å². The highest BCUT2D eigenvalue weighted by molar-refractivity contribution is 5.98. The van der Waals surface area contributed by atoms with Crippen LogP contribution in [0.4, 0.5) is 14.6 Å². The Morgan fingerprint density at radius 1 is 0.893 bits per heavy atom. The van der Waals surface area contributed by atoms with Gasteiger partial charge in [0.2, 0.25) is 5.91 Å². The van der Waals surface area contributed by atoms with Crippen LogP contribution >= 0.6 is 0 Å². The second kappa shape index (κ2) is 7.46. The molecule has 0 spiro atoms. The quantitative estimate of drug-likeness (QED) is 0.703. The topological polar surface area (TPSA) is 54.9 Å². The molecule has 28 heavy (non-hydrogen) atoms. The van der Waals surface area contributed by atoms with Crippen LogP contribution in [-0.2, 0) is 10.2 Å². The Bertz CT molecular complexity index is 964. The number of anilines is 1. The molecule has 142 valence electrons. The fourth-order valence-electron chi connectivity index (χ4n) is 3.85. The van der Waals surface area contributed by atoms with E-state index in [0.29, 0.717) is 29.9 Å². The molecule has 4 nitrogen and oxygen atoms in total. The summed E-state index contributed by atoms with van der Waals surface area (Å²) in [5.41, 5.74) is 1.04. The van der Waals surface area contributed by atoms with Gasteiger partial charge in [0.25, 0.3) is 0 Å². The second-order valence-corrected chi connectivity index (χ2v) is 7.07. The van der Waals surface area contributed by atoms with Gasteiger partial charge in [-0.15, -0.1) is 10.2 Å². The van der Waals surface area contributed by atoms with Crippen molar-refractivity contribution in [1.82, 2.24) is 10.2 Å². The zero-order chi connectivity index (χ0) is 19.6. The molecule has 1 aromatic heterocycles. The minimum absolute atomic E-state index is 0.309. The summed E-state index contributed by atoms with van der Waals surface area (Å²) in [6, 6.07) is 16.4. The highest BCUT2D eigenvalue weighted by Gasteiger charge is 2.43. The van der Waals surface area contributed by atoms with Crippen molar-refractivity contribution in [2.75, 3.05) is 5.32 Å². The first-order chi connectivity index (χ1) is 13.6. The molecular formula is C22H19F2N3O. The van der Waals surface area contributed by atoms with E-state index in [9.17, 15) is 13.6 Å². The van der Waals surface area contributed by atoms with E-state index in [1.54, 1.807) is 12.1 Å². The Hall–Kier alpha value is -3.15. The maximum Gasteiger partial charge on any atom is 0.236 e. The number of amides is 1. The second-order valence-electron chi connectivity index (χ2n) is 7.07. The summed E-state index contributed by atoms with van der Waals surface area (Å²) in [7, 11) is 0. The van der Waals surface area contributed by atoms with Crippen molar-refractivity contribution >= 4 is 11.7 Å². The van der Waals surface area contributed by atoms with Crippen LogP contribution in [0.3, 0.4) is 0 Å². The summed E-state index contributed by atoms with van der Waals surface area (Å²) >= 11 is 0. The largest absolute Gasteiger partial charge is 0.308 e. The van der Waals surface area contributed by atoms with E-state index in [2.05, 4.69) is 15.5 Å². The van der Waals surface area contributed by atoms with Crippen molar-refractivity contribution in [2.45, 2.75) is 31.1 Å².